The van der Waals surface area contributed by atoms with E-state index in [0.29, 0.717) is 6.54 Å². The average Bonchev–Trinajstić information content (AvgIpc) is 2.38. The third-order valence-electron chi connectivity index (χ3n) is 3.56. The zero-order chi connectivity index (χ0) is 12.1. The highest BCUT2D eigenvalue weighted by molar-refractivity contribution is 5.35. The Morgan fingerprint density at radius 1 is 1.29 bits per heavy atom. The van der Waals surface area contributed by atoms with Crippen LogP contribution >= 0.6 is 0 Å². The molecule has 0 amide bonds. The second-order valence-corrected chi connectivity index (χ2v) is 4.67. The Kier molecular flexibility index (Phi) is 3.72. The van der Waals surface area contributed by atoms with Crippen LogP contribution in [0.25, 0.3) is 0 Å². The minimum absolute atomic E-state index is 0.0383. The Labute approximate surface area is 102 Å². The Bertz CT molecular complexity index is 412. The number of ether oxygens (including phenoxy) is 1. The molecule has 0 N–H and O–H groups in total. The van der Waals surface area contributed by atoms with E-state index in [0.717, 1.165) is 26.1 Å². The first-order chi connectivity index (χ1) is 8.27. The van der Waals surface area contributed by atoms with E-state index in [1.165, 1.54) is 11.1 Å². The van der Waals surface area contributed by atoms with Crippen LogP contribution in [0, 0.1) is 6.92 Å². The topological polar surface area (TPSA) is 38.7 Å². The van der Waals surface area contributed by atoms with Crippen LogP contribution in [0.5, 0.6) is 0 Å². The molecule has 0 radical (unpaired) electrons. The van der Waals surface area contributed by atoms with Crippen LogP contribution in [-0.2, 0) is 14.9 Å². The lowest BCUT2D eigenvalue weighted by Gasteiger charge is -2.36. The van der Waals surface area contributed by atoms with Gasteiger partial charge in [0.2, 0.25) is 6.08 Å². The number of hydrogen-bond acceptors (Lipinski definition) is 3. The highest BCUT2D eigenvalue weighted by Crippen LogP contribution is 2.35. The summed E-state index contributed by atoms with van der Waals surface area (Å²) in [6.07, 6.45) is 3.49. The molecule has 17 heavy (non-hydrogen) atoms. The Morgan fingerprint density at radius 3 is 2.53 bits per heavy atom. The average molecular weight is 231 g/mol. The zero-order valence-corrected chi connectivity index (χ0v) is 10.1. The van der Waals surface area contributed by atoms with Gasteiger partial charge in [0.25, 0.3) is 0 Å². The minimum Gasteiger partial charge on any atom is -0.381 e. The zero-order valence-electron chi connectivity index (χ0n) is 10.1. The van der Waals surface area contributed by atoms with Crippen LogP contribution < -0.4 is 0 Å². The van der Waals surface area contributed by atoms with E-state index in [9.17, 15) is 4.79 Å². The maximum atomic E-state index is 10.4. The van der Waals surface area contributed by atoms with Crippen LogP contribution in [0.1, 0.15) is 24.0 Å². The first-order valence-electron chi connectivity index (χ1n) is 5.95. The molecule has 1 aliphatic rings. The SMILES string of the molecule is Cc1ccc(C2(CN=C=O)CCOCC2)cc1. The number of isocyanates is 1. The summed E-state index contributed by atoms with van der Waals surface area (Å²) in [5.74, 6) is 0. The van der Waals surface area contributed by atoms with Crippen molar-refractivity contribution >= 4 is 6.08 Å². The summed E-state index contributed by atoms with van der Waals surface area (Å²) < 4.78 is 5.41. The summed E-state index contributed by atoms with van der Waals surface area (Å²) in [6, 6.07) is 8.50. The predicted molar refractivity (Wildman–Crippen MR) is 65.9 cm³/mol. The molecular weight excluding hydrogens is 214 g/mol. The van der Waals surface area contributed by atoms with Crippen molar-refractivity contribution < 1.29 is 9.53 Å². The maximum absolute atomic E-state index is 10.4. The maximum Gasteiger partial charge on any atom is 0.234 e. The molecule has 0 saturated carbocycles. The molecule has 1 aromatic rings. The predicted octanol–water partition coefficient (Wildman–Crippen LogP) is 2.38. The van der Waals surface area contributed by atoms with Crippen LogP contribution in [0.15, 0.2) is 29.3 Å². The van der Waals surface area contributed by atoms with Gasteiger partial charge >= 0.3 is 0 Å². The van der Waals surface area contributed by atoms with Gasteiger partial charge in [0, 0.05) is 18.6 Å². The van der Waals surface area contributed by atoms with E-state index in [1.807, 2.05) is 0 Å². The van der Waals surface area contributed by atoms with Crippen molar-refractivity contribution in [1.82, 2.24) is 0 Å². The van der Waals surface area contributed by atoms with Gasteiger partial charge in [0.1, 0.15) is 0 Å². The van der Waals surface area contributed by atoms with Gasteiger partial charge in [0.15, 0.2) is 0 Å². The Hall–Kier alpha value is -1.44. The molecule has 3 nitrogen and oxygen atoms in total. The summed E-state index contributed by atoms with van der Waals surface area (Å²) in [5, 5.41) is 0. The number of aryl methyl sites for hydroxylation is 1. The first-order valence-corrected chi connectivity index (χ1v) is 5.95. The van der Waals surface area contributed by atoms with Gasteiger partial charge in [-0.3, -0.25) is 0 Å². The molecule has 1 aromatic carbocycles. The quantitative estimate of drug-likeness (QED) is 0.591. The largest absolute Gasteiger partial charge is 0.381 e. The van der Waals surface area contributed by atoms with E-state index >= 15 is 0 Å². The molecule has 0 spiro atoms. The lowest BCUT2D eigenvalue weighted by Crippen LogP contribution is -2.36. The van der Waals surface area contributed by atoms with E-state index in [1.54, 1.807) is 6.08 Å². The third kappa shape index (κ3) is 2.63. The summed E-state index contributed by atoms with van der Waals surface area (Å²) in [4.78, 5) is 14.2. The Morgan fingerprint density at radius 2 is 1.94 bits per heavy atom. The second kappa shape index (κ2) is 5.26. The van der Waals surface area contributed by atoms with Gasteiger partial charge in [-0.05, 0) is 25.3 Å². The molecule has 0 aromatic heterocycles. The van der Waals surface area contributed by atoms with Gasteiger partial charge in [0.05, 0.1) is 6.54 Å². The number of hydrogen-bond donors (Lipinski definition) is 0. The van der Waals surface area contributed by atoms with Crippen molar-refractivity contribution in [3.63, 3.8) is 0 Å². The second-order valence-electron chi connectivity index (χ2n) is 4.67. The lowest BCUT2D eigenvalue weighted by molar-refractivity contribution is 0.0531. The van der Waals surface area contributed by atoms with Gasteiger partial charge in [-0.2, -0.15) is 0 Å². The number of carbonyl (C=O) groups excluding carboxylic acids is 1. The minimum atomic E-state index is -0.0383. The molecular formula is C14H17NO2. The monoisotopic (exact) mass is 231 g/mol. The van der Waals surface area contributed by atoms with Crippen molar-refractivity contribution in [3.8, 4) is 0 Å². The number of aliphatic imine (C=N–C) groups is 1. The van der Waals surface area contributed by atoms with Gasteiger partial charge in [-0.1, -0.05) is 29.8 Å². The smallest absolute Gasteiger partial charge is 0.234 e. The molecule has 0 bridgehead atoms. The highest BCUT2D eigenvalue weighted by Gasteiger charge is 2.34. The number of nitrogens with zero attached hydrogens (tertiary/aromatic N) is 1. The van der Waals surface area contributed by atoms with Crippen LogP contribution in [0.2, 0.25) is 0 Å². The fourth-order valence-electron chi connectivity index (χ4n) is 2.39. The Balaban J connectivity index is 2.31. The fourth-order valence-corrected chi connectivity index (χ4v) is 2.39. The van der Waals surface area contributed by atoms with E-state index in [-0.39, 0.29) is 5.41 Å². The molecule has 0 aliphatic carbocycles. The van der Waals surface area contributed by atoms with Crippen molar-refractivity contribution in [1.29, 1.82) is 0 Å². The third-order valence-corrected chi connectivity index (χ3v) is 3.56. The van der Waals surface area contributed by atoms with Gasteiger partial charge in [-0.15, -0.1) is 0 Å². The summed E-state index contributed by atoms with van der Waals surface area (Å²) >= 11 is 0. The van der Waals surface area contributed by atoms with Crippen LogP contribution in [0.4, 0.5) is 0 Å². The van der Waals surface area contributed by atoms with E-state index in [4.69, 9.17) is 4.74 Å². The molecule has 3 heteroatoms. The summed E-state index contributed by atoms with van der Waals surface area (Å²) in [5.41, 5.74) is 2.46. The lowest BCUT2D eigenvalue weighted by atomic mass is 9.74. The molecule has 90 valence electrons. The van der Waals surface area contributed by atoms with E-state index in [2.05, 4.69) is 36.2 Å². The molecule has 2 rings (SSSR count). The summed E-state index contributed by atoms with van der Waals surface area (Å²) in [7, 11) is 0. The standard InChI is InChI=1S/C14H17NO2/c1-12-2-4-13(5-3-12)14(10-15-11-16)6-8-17-9-7-14/h2-5H,6-10H2,1H3. The summed E-state index contributed by atoms with van der Waals surface area (Å²) in [6.45, 7) is 4.07. The van der Waals surface area contributed by atoms with E-state index < -0.39 is 0 Å². The molecule has 0 atom stereocenters. The number of rotatable bonds is 3. The molecule has 1 saturated heterocycles. The van der Waals surface area contributed by atoms with Crippen LogP contribution in [0.3, 0.4) is 0 Å². The van der Waals surface area contributed by atoms with Crippen molar-refractivity contribution in [2.45, 2.75) is 25.2 Å². The molecule has 1 heterocycles. The molecule has 0 unspecified atom stereocenters. The molecule has 1 aliphatic heterocycles. The van der Waals surface area contributed by atoms with Crippen molar-refractivity contribution in [2.24, 2.45) is 4.99 Å². The number of benzene rings is 1. The fraction of sp³-hybridized carbons (Fsp3) is 0.500. The van der Waals surface area contributed by atoms with Crippen molar-refractivity contribution in [2.75, 3.05) is 19.8 Å². The normalized spacial score (nSPS) is 18.4. The van der Waals surface area contributed by atoms with Gasteiger partial charge < -0.3 is 4.74 Å². The van der Waals surface area contributed by atoms with Gasteiger partial charge in [-0.25, -0.2) is 9.79 Å². The first kappa shape index (κ1) is 12.0. The van der Waals surface area contributed by atoms with Crippen molar-refractivity contribution in [3.05, 3.63) is 35.4 Å². The van der Waals surface area contributed by atoms with Crippen LogP contribution in [-0.4, -0.2) is 25.8 Å². The molecule has 1 fully saturated rings. The highest BCUT2D eigenvalue weighted by atomic mass is 16.5.